The predicted octanol–water partition coefficient (Wildman–Crippen LogP) is 3.04. The minimum Gasteiger partial charge on any atom is -0.324 e. The molecule has 1 amide bonds. The van der Waals surface area contributed by atoms with E-state index in [-0.39, 0.29) is 12.1 Å². The van der Waals surface area contributed by atoms with Gasteiger partial charge in [0.25, 0.3) is 5.56 Å². The summed E-state index contributed by atoms with van der Waals surface area (Å²) in [5.74, 6) is -0.858. The van der Waals surface area contributed by atoms with Gasteiger partial charge in [0.2, 0.25) is 5.91 Å². The number of hydrogen-bond acceptors (Lipinski definition) is 3. The van der Waals surface area contributed by atoms with Crippen LogP contribution in [-0.2, 0) is 11.3 Å². The second-order valence-corrected chi connectivity index (χ2v) is 6.57. The van der Waals surface area contributed by atoms with E-state index in [4.69, 9.17) is 0 Å². The average molecular weight is 364 g/mol. The van der Waals surface area contributed by atoms with Crippen molar-refractivity contribution in [3.8, 4) is 0 Å². The molecule has 136 valence electrons. The number of carbonyl (C=O) groups excluding carboxylic acids is 1. The zero-order chi connectivity index (χ0) is 19.1. The van der Waals surface area contributed by atoms with Crippen molar-refractivity contribution in [2.24, 2.45) is 0 Å². The molecule has 0 atom stereocenters. The number of fused-ring (bicyclic) bond motifs is 3. The summed E-state index contributed by atoms with van der Waals surface area (Å²) in [6.07, 6.45) is 1.52. The third-order valence-electron chi connectivity index (χ3n) is 4.50. The number of anilines is 1. The molecule has 0 unspecified atom stereocenters. The molecule has 0 radical (unpaired) electrons. The smallest absolute Gasteiger partial charge is 0.291 e. The number of benzene rings is 2. The van der Waals surface area contributed by atoms with Crippen molar-refractivity contribution in [3.05, 3.63) is 76.1 Å². The van der Waals surface area contributed by atoms with E-state index in [9.17, 15) is 14.0 Å². The van der Waals surface area contributed by atoms with E-state index >= 15 is 0 Å². The van der Waals surface area contributed by atoms with Crippen LogP contribution in [0.4, 0.5) is 10.1 Å². The normalized spacial score (nSPS) is 11.2. The second kappa shape index (κ2) is 6.35. The Kier molecular flexibility index (Phi) is 3.99. The van der Waals surface area contributed by atoms with Gasteiger partial charge < -0.3 is 5.32 Å². The summed E-state index contributed by atoms with van der Waals surface area (Å²) in [5, 5.41) is 7.62. The monoisotopic (exact) mass is 364 g/mol. The molecule has 27 heavy (non-hydrogen) atoms. The first kappa shape index (κ1) is 17.0. The van der Waals surface area contributed by atoms with Crippen molar-refractivity contribution in [2.45, 2.75) is 20.4 Å². The Morgan fingerprint density at radius 3 is 2.70 bits per heavy atom. The Balaban J connectivity index is 1.64. The molecule has 2 aromatic carbocycles. The van der Waals surface area contributed by atoms with E-state index in [0.29, 0.717) is 16.8 Å². The summed E-state index contributed by atoms with van der Waals surface area (Å²) in [7, 11) is 0. The van der Waals surface area contributed by atoms with E-state index in [0.717, 1.165) is 21.1 Å². The highest BCUT2D eigenvalue weighted by Gasteiger charge is 2.12. The number of rotatable bonds is 3. The van der Waals surface area contributed by atoms with Gasteiger partial charge in [-0.2, -0.15) is 5.10 Å². The molecule has 0 spiro atoms. The van der Waals surface area contributed by atoms with Crippen LogP contribution in [0.3, 0.4) is 0 Å². The van der Waals surface area contributed by atoms with Crippen LogP contribution in [0.25, 0.3) is 16.4 Å². The number of aromatic nitrogens is 3. The minimum atomic E-state index is -0.454. The van der Waals surface area contributed by atoms with Gasteiger partial charge in [-0.1, -0.05) is 17.7 Å². The van der Waals surface area contributed by atoms with E-state index in [2.05, 4.69) is 10.4 Å². The summed E-state index contributed by atoms with van der Waals surface area (Å²) in [4.78, 5) is 25.0. The number of nitrogens with zero attached hydrogens (tertiary/aromatic N) is 3. The molecule has 0 fully saturated rings. The molecule has 2 heterocycles. The molecule has 4 rings (SSSR count). The van der Waals surface area contributed by atoms with Crippen LogP contribution in [0, 0.1) is 19.7 Å². The summed E-state index contributed by atoms with van der Waals surface area (Å²) in [5.41, 5.74) is 2.88. The number of amides is 1. The first-order valence-electron chi connectivity index (χ1n) is 8.46. The van der Waals surface area contributed by atoms with Crippen LogP contribution in [0.1, 0.15) is 11.1 Å². The third kappa shape index (κ3) is 3.08. The molecule has 6 nitrogen and oxygen atoms in total. The summed E-state index contributed by atoms with van der Waals surface area (Å²) in [6.45, 7) is 3.37. The number of halogens is 1. The van der Waals surface area contributed by atoms with Crippen LogP contribution < -0.4 is 10.9 Å². The van der Waals surface area contributed by atoms with Gasteiger partial charge in [0.15, 0.2) is 0 Å². The highest BCUT2D eigenvalue weighted by Crippen LogP contribution is 2.19. The topological polar surface area (TPSA) is 68.4 Å². The van der Waals surface area contributed by atoms with Crippen molar-refractivity contribution in [1.82, 2.24) is 14.2 Å². The molecular formula is C20H17FN4O2. The van der Waals surface area contributed by atoms with Crippen LogP contribution >= 0.6 is 0 Å². The van der Waals surface area contributed by atoms with Crippen LogP contribution in [-0.4, -0.2) is 20.1 Å². The lowest BCUT2D eigenvalue weighted by atomic mass is 10.2. The molecule has 0 aliphatic heterocycles. The fraction of sp³-hybridized carbons (Fsp3) is 0.150. The van der Waals surface area contributed by atoms with Gasteiger partial charge >= 0.3 is 0 Å². The lowest BCUT2D eigenvalue weighted by Crippen LogP contribution is -2.30. The summed E-state index contributed by atoms with van der Waals surface area (Å²) in [6, 6.07) is 12.1. The number of aryl methyl sites for hydroxylation is 2. The predicted molar refractivity (Wildman–Crippen MR) is 101 cm³/mol. The highest BCUT2D eigenvalue weighted by molar-refractivity contribution is 5.91. The van der Waals surface area contributed by atoms with Gasteiger partial charge in [0, 0.05) is 11.1 Å². The lowest BCUT2D eigenvalue weighted by molar-refractivity contribution is -0.117. The van der Waals surface area contributed by atoms with Crippen molar-refractivity contribution in [2.75, 3.05) is 5.32 Å². The van der Waals surface area contributed by atoms with Gasteiger partial charge in [0.1, 0.15) is 24.2 Å². The summed E-state index contributed by atoms with van der Waals surface area (Å²) >= 11 is 0. The van der Waals surface area contributed by atoms with Crippen molar-refractivity contribution in [3.63, 3.8) is 0 Å². The molecule has 2 aromatic heterocycles. The van der Waals surface area contributed by atoms with Crippen LogP contribution in [0.5, 0.6) is 0 Å². The second-order valence-electron chi connectivity index (χ2n) is 6.57. The molecular weight excluding hydrogens is 347 g/mol. The Labute approximate surface area is 153 Å². The molecule has 0 aliphatic carbocycles. The first-order valence-corrected chi connectivity index (χ1v) is 8.46. The van der Waals surface area contributed by atoms with Crippen molar-refractivity contribution >= 4 is 28.0 Å². The van der Waals surface area contributed by atoms with E-state index in [1.54, 1.807) is 29.5 Å². The van der Waals surface area contributed by atoms with Crippen molar-refractivity contribution < 1.29 is 9.18 Å². The SMILES string of the molecule is Cc1ccc2c(c1)cc1c(=O)n(CC(=O)Nc3ccc(C)c(F)c3)ncn12. The summed E-state index contributed by atoms with van der Waals surface area (Å²) < 4.78 is 16.4. The minimum absolute atomic E-state index is 0.259. The van der Waals surface area contributed by atoms with Gasteiger partial charge in [-0.3, -0.25) is 14.0 Å². The standard InChI is InChI=1S/C20H17FN4O2/c1-12-3-6-17-14(7-12)8-18-20(27)25(22-11-24(17)18)10-19(26)23-15-5-4-13(2)16(21)9-15/h3-9,11H,10H2,1-2H3,(H,23,26). The zero-order valence-corrected chi connectivity index (χ0v) is 14.9. The van der Waals surface area contributed by atoms with Crippen LogP contribution in [0.2, 0.25) is 0 Å². The molecule has 7 heteroatoms. The molecule has 0 saturated heterocycles. The molecule has 0 aliphatic rings. The Morgan fingerprint density at radius 2 is 1.93 bits per heavy atom. The highest BCUT2D eigenvalue weighted by atomic mass is 19.1. The number of hydrogen-bond donors (Lipinski definition) is 1. The van der Waals surface area contributed by atoms with E-state index < -0.39 is 11.7 Å². The first-order chi connectivity index (χ1) is 12.9. The number of nitrogens with one attached hydrogen (secondary N) is 1. The average Bonchev–Trinajstić information content (AvgIpc) is 2.99. The molecule has 4 aromatic rings. The number of carbonyl (C=O) groups is 1. The molecule has 0 saturated carbocycles. The lowest BCUT2D eigenvalue weighted by Gasteiger charge is -2.08. The van der Waals surface area contributed by atoms with Gasteiger partial charge in [-0.25, -0.2) is 9.07 Å². The largest absolute Gasteiger partial charge is 0.324 e. The quantitative estimate of drug-likeness (QED) is 0.608. The molecule has 0 bridgehead atoms. The fourth-order valence-electron chi connectivity index (χ4n) is 3.06. The third-order valence-corrected chi connectivity index (χ3v) is 4.50. The van der Waals surface area contributed by atoms with E-state index in [1.165, 1.54) is 12.4 Å². The fourth-order valence-corrected chi connectivity index (χ4v) is 3.06. The van der Waals surface area contributed by atoms with Gasteiger partial charge in [-0.05, 0) is 49.7 Å². The maximum Gasteiger partial charge on any atom is 0.291 e. The Morgan fingerprint density at radius 1 is 1.11 bits per heavy atom. The molecule has 1 N–H and O–H groups in total. The van der Waals surface area contributed by atoms with Crippen molar-refractivity contribution in [1.29, 1.82) is 0 Å². The van der Waals surface area contributed by atoms with Crippen LogP contribution in [0.15, 0.2) is 53.6 Å². The maximum atomic E-state index is 13.6. The zero-order valence-electron chi connectivity index (χ0n) is 14.9. The maximum absolute atomic E-state index is 13.6. The van der Waals surface area contributed by atoms with Gasteiger partial charge in [0.05, 0.1) is 5.52 Å². The Hall–Kier alpha value is -3.48. The Bertz CT molecular complexity index is 1260. The van der Waals surface area contributed by atoms with E-state index in [1.807, 2.05) is 25.1 Å². The van der Waals surface area contributed by atoms with Gasteiger partial charge in [-0.15, -0.1) is 0 Å².